The molecule has 0 spiro atoms. The first-order valence-electron chi connectivity index (χ1n) is 5.51. The molecule has 1 aliphatic rings. The Hall–Kier alpha value is -1.25. The zero-order valence-electron chi connectivity index (χ0n) is 10.4. The smallest absolute Gasteiger partial charge is 0.223 e. The summed E-state index contributed by atoms with van der Waals surface area (Å²) in [4.78, 5) is 13.0. The van der Waals surface area contributed by atoms with Gasteiger partial charge in [0.25, 0.3) is 0 Å². The van der Waals surface area contributed by atoms with E-state index in [-0.39, 0.29) is 5.91 Å². The minimum absolute atomic E-state index is 0.0177. The molecule has 2 nitrogen and oxygen atoms in total. The average Bonchev–Trinajstić information content (AvgIpc) is 2.50. The van der Waals surface area contributed by atoms with Gasteiger partial charge in [0.1, 0.15) is 7.85 Å². The summed E-state index contributed by atoms with van der Waals surface area (Å²) in [6.45, 7) is 7.38. The lowest BCUT2D eigenvalue weighted by Gasteiger charge is -2.30. The maximum Gasteiger partial charge on any atom is 0.223 e. The van der Waals surface area contributed by atoms with E-state index in [0.717, 1.165) is 11.1 Å². The van der Waals surface area contributed by atoms with Crippen molar-refractivity contribution in [2.24, 2.45) is 0 Å². The summed E-state index contributed by atoms with van der Waals surface area (Å²) in [7, 11) is 6.10. The van der Waals surface area contributed by atoms with E-state index in [1.165, 1.54) is 6.92 Å². The number of hydrogen-bond donors (Lipinski definition) is 0. The molecule has 0 N–H and O–H groups in total. The first-order valence-corrected chi connectivity index (χ1v) is 5.51. The minimum atomic E-state index is -0.600. The maximum absolute atomic E-state index is 11.4. The second-order valence-electron chi connectivity index (χ2n) is 4.32. The molecule has 3 heteroatoms. The van der Waals surface area contributed by atoms with Gasteiger partial charge in [-0.1, -0.05) is 18.2 Å². The number of carbonyl (C=O) groups is 1. The molecular formula is C13H18BNO. The number of allylic oxidation sites excluding steroid dienone is 4. The third-order valence-corrected chi connectivity index (χ3v) is 2.75. The van der Waals surface area contributed by atoms with E-state index in [9.17, 15) is 4.79 Å². The summed E-state index contributed by atoms with van der Waals surface area (Å²) in [5.74, 6) is -0.0177. The largest absolute Gasteiger partial charge is 0.322 e. The third kappa shape index (κ3) is 2.46. The van der Waals surface area contributed by atoms with Crippen LogP contribution >= 0.6 is 0 Å². The molecule has 0 aromatic rings. The van der Waals surface area contributed by atoms with E-state index in [0.29, 0.717) is 6.42 Å². The highest BCUT2D eigenvalue weighted by Crippen LogP contribution is 2.33. The molecule has 0 bridgehead atoms. The normalized spacial score (nSPS) is 26.4. The number of hydrogen-bond acceptors (Lipinski definition) is 1. The van der Waals surface area contributed by atoms with Crippen LogP contribution in [0.3, 0.4) is 0 Å². The molecule has 0 fully saturated rings. The van der Waals surface area contributed by atoms with Crippen molar-refractivity contribution in [2.45, 2.75) is 39.6 Å². The van der Waals surface area contributed by atoms with Gasteiger partial charge in [0.2, 0.25) is 5.91 Å². The molecule has 0 aromatic carbocycles. The summed E-state index contributed by atoms with van der Waals surface area (Å²) in [6.07, 6.45) is 8.60. The number of nitrogens with zero attached hydrogens (tertiary/aromatic N) is 1. The average molecular weight is 215 g/mol. The van der Waals surface area contributed by atoms with Crippen LogP contribution in [0.15, 0.2) is 35.6 Å². The Bertz CT molecular complexity index is 377. The van der Waals surface area contributed by atoms with Gasteiger partial charge in [-0.2, -0.15) is 0 Å². The molecule has 2 radical (unpaired) electrons. The zero-order chi connectivity index (χ0) is 12.3. The van der Waals surface area contributed by atoms with Crippen molar-refractivity contribution >= 4 is 13.8 Å². The summed E-state index contributed by atoms with van der Waals surface area (Å²) in [5, 5.41) is 0. The van der Waals surface area contributed by atoms with Gasteiger partial charge in [-0.15, -0.1) is 0 Å². The van der Waals surface area contributed by atoms with Crippen LogP contribution in [0.4, 0.5) is 0 Å². The SMILES string of the molecule is [B]C1(C)CC(C(/C=C\C)=C/C)=CN1C(C)=O. The number of carbonyl (C=O) groups excluding carboxylic acids is 1. The fraction of sp³-hybridized carbons (Fsp3) is 0.462. The maximum atomic E-state index is 11.4. The van der Waals surface area contributed by atoms with Crippen molar-refractivity contribution in [3.05, 3.63) is 35.6 Å². The molecule has 1 heterocycles. The Morgan fingerprint density at radius 2 is 2.19 bits per heavy atom. The fourth-order valence-corrected chi connectivity index (χ4v) is 2.02. The van der Waals surface area contributed by atoms with Gasteiger partial charge in [-0.25, -0.2) is 0 Å². The highest BCUT2D eigenvalue weighted by atomic mass is 16.2. The van der Waals surface area contributed by atoms with Crippen LogP contribution in [0, 0.1) is 0 Å². The van der Waals surface area contributed by atoms with Crippen molar-refractivity contribution in [1.82, 2.24) is 4.90 Å². The lowest BCUT2D eigenvalue weighted by atomic mass is 9.75. The molecule has 0 aliphatic carbocycles. The van der Waals surface area contributed by atoms with Crippen LogP contribution in [0.5, 0.6) is 0 Å². The Morgan fingerprint density at radius 1 is 1.56 bits per heavy atom. The van der Waals surface area contributed by atoms with Crippen molar-refractivity contribution in [1.29, 1.82) is 0 Å². The van der Waals surface area contributed by atoms with Crippen LogP contribution < -0.4 is 0 Å². The summed E-state index contributed by atoms with van der Waals surface area (Å²) in [6, 6.07) is 0. The first kappa shape index (κ1) is 12.8. The van der Waals surface area contributed by atoms with Crippen LogP contribution in [0.1, 0.15) is 34.1 Å². The lowest BCUT2D eigenvalue weighted by molar-refractivity contribution is -0.128. The molecule has 0 aromatic heterocycles. The van der Waals surface area contributed by atoms with Crippen LogP contribution in [0.2, 0.25) is 0 Å². The van der Waals surface area contributed by atoms with E-state index >= 15 is 0 Å². The first-order chi connectivity index (χ1) is 7.42. The van der Waals surface area contributed by atoms with Gasteiger partial charge < -0.3 is 4.90 Å². The predicted molar refractivity (Wildman–Crippen MR) is 68.0 cm³/mol. The van der Waals surface area contributed by atoms with Crippen LogP contribution in [-0.4, -0.2) is 24.1 Å². The Balaban J connectivity index is 3.03. The molecule has 1 amide bonds. The molecule has 0 saturated carbocycles. The second kappa shape index (κ2) is 4.73. The Morgan fingerprint density at radius 3 is 2.56 bits per heavy atom. The molecule has 0 saturated heterocycles. The minimum Gasteiger partial charge on any atom is -0.322 e. The standard InChI is InChI=1S/C13H18BNO/c1-5-7-11(6-2)12-8-13(4,14)15(9-12)10(3)16/h5-7,9H,8H2,1-4H3/b7-5-,11-6+. The highest BCUT2D eigenvalue weighted by molar-refractivity contribution is 6.17. The molecule has 16 heavy (non-hydrogen) atoms. The molecule has 1 aliphatic heterocycles. The summed E-state index contributed by atoms with van der Waals surface area (Å²) < 4.78 is 0. The lowest BCUT2D eigenvalue weighted by Crippen LogP contribution is -2.42. The number of rotatable bonds is 2. The second-order valence-corrected chi connectivity index (χ2v) is 4.32. The van der Waals surface area contributed by atoms with Gasteiger partial charge in [0, 0.05) is 18.6 Å². The predicted octanol–water partition coefficient (Wildman–Crippen LogP) is 2.53. The Kier molecular flexibility index (Phi) is 3.79. The summed E-state index contributed by atoms with van der Waals surface area (Å²) >= 11 is 0. The van der Waals surface area contributed by atoms with Crippen LogP contribution in [-0.2, 0) is 4.79 Å². The van der Waals surface area contributed by atoms with Crippen molar-refractivity contribution in [2.75, 3.05) is 0 Å². The van der Waals surface area contributed by atoms with E-state index in [2.05, 4.69) is 0 Å². The van der Waals surface area contributed by atoms with Crippen molar-refractivity contribution in [3.8, 4) is 0 Å². The zero-order valence-corrected chi connectivity index (χ0v) is 10.4. The van der Waals surface area contributed by atoms with Crippen molar-refractivity contribution < 1.29 is 4.79 Å². The van der Waals surface area contributed by atoms with Gasteiger partial charge in [0.05, 0.1) is 0 Å². The van der Waals surface area contributed by atoms with E-state index in [1.807, 2.05) is 45.2 Å². The van der Waals surface area contributed by atoms with Crippen molar-refractivity contribution in [3.63, 3.8) is 0 Å². The van der Waals surface area contributed by atoms with Gasteiger partial charge in [-0.05, 0) is 38.3 Å². The van der Waals surface area contributed by atoms with E-state index in [4.69, 9.17) is 7.85 Å². The van der Waals surface area contributed by atoms with E-state index < -0.39 is 5.44 Å². The molecule has 1 atom stereocenters. The van der Waals surface area contributed by atoms with Crippen LogP contribution in [0.25, 0.3) is 0 Å². The Labute approximate surface area is 99.1 Å². The number of amides is 1. The quantitative estimate of drug-likeness (QED) is 0.512. The molecule has 84 valence electrons. The highest BCUT2D eigenvalue weighted by Gasteiger charge is 2.34. The van der Waals surface area contributed by atoms with Gasteiger partial charge in [-0.3, -0.25) is 4.79 Å². The molecule has 1 rings (SSSR count). The molecular weight excluding hydrogens is 197 g/mol. The molecule has 1 unspecified atom stereocenters. The van der Waals surface area contributed by atoms with E-state index in [1.54, 1.807) is 4.90 Å². The summed E-state index contributed by atoms with van der Waals surface area (Å²) in [5.41, 5.74) is 1.64. The monoisotopic (exact) mass is 215 g/mol. The van der Waals surface area contributed by atoms with Gasteiger partial charge in [0.15, 0.2) is 0 Å². The fourth-order valence-electron chi connectivity index (χ4n) is 2.02. The topological polar surface area (TPSA) is 20.3 Å². The third-order valence-electron chi connectivity index (χ3n) is 2.75. The van der Waals surface area contributed by atoms with Gasteiger partial charge >= 0.3 is 0 Å².